The molecule has 6 heteroatoms. The summed E-state index contributed by atoms with van der Waals surface area (Å²) in [5.74, 6) is 0.209. The van der Waals surface area contributed by atoms with Crippen LogP contribution in [-0.2, 0) is 4.79 Å². The van der Waals surface area contributed by atoms with E-state index in [1.165, 1.54) is 29.1 Å². The molecule has 0 aromatic carbocycles. The van der Waals surface area contributed by atoms with Crippen molar-refractivity contribution in [2.45, 2.75) is 32.7 Å². The number of carbonyl (C=O) groups is 2. The number of hydrogen-bond donors (Lipinski definition) is 3. The Morgan fingerprint density at radius 2 is 2.10 bits per heavy atom. The van der Waals surface area contributed by atoms with Gasteiger partial charge in [-0.1, -0.05) is 6.92 Å². The summed E-state index contributed by atoms with van der Waals surface area (Å²) in [6, 6.07) is 1.54. The van der Waals surface area contributed by atoms with Gasteiger partial charge in [0.15, 0.2) is 6.04 Å². The number of anilines is 1. The minimum atomic E-state index is -0.506. The molecule has 20 heavy (non-hydrogen) atoms. The van der Waals surface area contributed by atoms with Gasteiger partial charge in [0.25, 0.3) is 11.8 Å². The second-order valence-corrected chi connectivity index (χ2v) is 6.50. The molecule has 0 aliphatic carbocycles. The van der Waals surface area contributed by atoms with Crippen LogP contribution in [0.5, 0.6) is 0 Å². The van der Waals surface area contributed by atoms with Crippen molar-refractivity contribution < 1.29 is 14.5 Å². The topological polar surface area (TPSA) is 76.6 Å². The van der Waals surface area contributed by atoms with Gasteiger partial charge in [-0.25, -0.2) is 0 Å². The molecule has 1 aromatic rings. The first-order valence-corrected chi connectivity index (χ1v) is 7.89. The van der Waals surface area contributed by atoms with Crippen LogP contribution in [0.15, 0.2) is 11.4 Å². The maximum absolute atomic E-state index is 12.3. The van der Waals surface area contributed by atoms with Crippen molar-refractivity contribution in [2.24, 2.45) is 11.7 Å². The lowest BCUT2D eigenvalue weighted by molar-refractivity contribution is -0.919. The van der Waals surface area contributed by atoms with Crippen LogP contribution in [0.2, 0.25) is 0 Å². The predicted octanol–water partition coefficient (Wildman–Crippen LogP) is 0.489. The van der Waals surface area contributed by atoms with Crippen LogP contribution in [0.3, 0.4) is 0 Å². The Balaban J connectivity index is 1.97. The van der Waals surface area contributed by atoms with Crippen molar-refractivity contribution in [1.82, 2.24) is 0 Å². The number of hydrogen-bond acceptors (Lipinski definition) is 3. The Bertz CT molecular complexity index is 492. The zero-order chi connectivity index (χ0) is 14.7. The van der Waals surface area contributed by atoms with E-state index in [2.05, 4.69) is 12.2 Å². The van der Waals surface area contributed by atoms with Gasteiger partial charge in [0, 0.05) is 0 Å². The molecular formula is C14H22N3O2S+. The van der Waals surface area contributed by atoms with E-state index in [4.69, 9.17) is 5.73 Å². The minimum absolute atomic E-state index is 0.0421. The average Bonchev–Trinajstić information content (AvgIpc) is 2.87. The van der Waals surface area contributed by atoms with Crippen molar-refractivity contribution >= 4 is 28.2 Å². The number of rotatable bonds is 4. The summed E-state index contributed by atoms with van der Waals surface area (Å²) in [4.78, 5) is 24.9. The third-order valence-corrected chi connectivity index (χ3v) is 4.92. The summed E-state index contributed by atoms with van der Waals surface area (Å²) in [5, 5.41) is 5.15. The maximum atomic E-state index is 12.3. The Hall–Kier alpha value is -1.40. The summed E-state index contributed by atoms with van der Waals surface area (Å²) >= 11 is 1.33. The number of nitrogens with two attached hydrogens (primary N) is 1. The normalized spacial score (nSPS) is 24.1. The zero-order valence-electron chi connectivity index (χ0n) is 11.9. The van der Waals surface area contributed by atoms with E-state index >= 15 is 0 Å². The molecule has 110 valence electrons. The molecule has 2 amide bonds. The fraction of sp³-hybridized carbons (Fsp3) is 0.571. The largest absolute Gasteiger partial charge is 0.366 e. The second kappa shape index (κ2) is 6.37. The highest BCUT2D eigenvalue weighted by Gasteiger charge is 2.29. The van der Waals surface area contributed by atoms with Gasteiger partial charge in [0.05, 0.1) is 18.7 Å². The molecule has 0 radical (unpaired) electrons. The molecule has 1 fully saturated rings. The minimum Gasteiger partial charge on any atom is -0.366 e. The van der Waals surface area contributed by atoms with Gasteiger partial charge in [-0.15, -0.1) is 11.3 Å². The Labute approximate surface area is 123 Å². The molecule has 4 N–H and O–H groups in total. The molecule has 0 saturated carbocycles. The van der Waals surface area contributed by atoms with Gasteiger partial charge in [-0.3, -0.25) is 9.59 Å². The van der Waals surface area contributed by atoms with E-state index < -0.39 is 5.91 Å². The molecule has 1 atom stereocenters. The number of carbonyl (C=O) groups excluding carboxylic acids is 2. The SMILES string of the molecule is CC1CC[NH+]([C@@H](C)C(=O)Nc2sccc2C(N)=O)CC1. The Morgan fingerprint density at radius 1 is 1.45 bits per heavy atom. The van der Waals surface area contributed by atoms with Crippen molar-refractivity contribution in [3.63, 3.8) is 0 Å². The van der Waals surface area contributed by atoms with E-state index in [1.54, 1.807) is 11.4 Å². The Morgan fingerprint density at radius 3 is 2.70 bits per heavy atom. The quantitative estimate of drug-likeness (QED) is 0.756. The van der Waals surface area contributed by atoms with Crippen molar-refractivity contribution in [3.05, 3.63) is 17.0 Å². The molecule has 1 saturated heterocycles. The summed E-state index contributed by atoms with van der Waals surface area (Å²) < 4.78 is 0. The van der Waals surface area contributed by atoms with Gasteiger partial charge in [-0.2, -0.15) is 0 Å². The van der Waals surface area contributed by atoms with E-state index in [0.717, 1.165) is 19.0 Å². The number of thiophene rings is 1. The molecule has 2 heterocycles. The molecule has 0 bridgehead atoms. The monoisotopic (exact) mass is 296 g/mol. The lowest BCUT2D eigenvalue weighted by Gasteiger charge is -2.31. The summed E-state index contributed by atoms with van der Waals surface area (Å²) in [5.41, 5.74) is 5.67. The van der Waals surface area contributed by atoms with Crippen LogP contribution in [0, 0.1) is 5.92 Å². The number of amides is 2. The number of piperidine rings is 1. The molecule has 1 aliphatic rings. The maximum Gasteiger partial charge on any atom is 0.282 e. The van der Waals surface area contributed by atoms with Crippen LogP contribution < -0.4 is 16.0 Å². The van der Waals surface area contributed by atoms with E-state index in [0.29, 0.717) is 10.6 Å². The lowest BCUT2D eigenvalue weighted by atomic mass is 9.98. The lowest BCUT2D eigenvalue weighted by Crippen LogP contribution is -3.17. The van der Waals surface area contributed by atoms with Gasteiger partial charge in [0.1, 0.15) is 5.00 Å². The summed E-state index contributed by atoms with van der Waals surface area (Å²) in [7, 11) is 0. The zero-order valence-corrected chi connectivity index (χ0v) is 12.8. The molecule has 0 unspecified atom stereocenters. The summed E-state index contributed by atoms with van der Waals surface area (Å²) in [6.45, 7) is 6.26. The van der Waals surface area contributed by atoms with Crippen molar-refractivity contribution in [2.75, 3.05) is 18.4 Å². The number of primary amides is 1. The van der Waals surface area contributed by atoms with Gasteiger partial charge in [0.2, 0.25) is 0 Å². The number of likely N-dealkylation sites (tertiary alicyclic amines) is 1. The van der Waals surface area contributed by atoms with E-state index in [-0.39, 0.29) is 11.9 Å². The van der Waals surface area contributed by atoms with Gasteiger partial charge >= 0.3 is 0 Å². The van der Waals surface area contributed by atoms with Crippen LogP contribution >= 0.6 is 11.3 Å². The number of quaternary nitrogens is 1. The predicted molar refractivity (Wildman–Crippen MR) is 80.0 cm³/mol. The molecule has 1 aliphatic heterocycles. The van der Waals surface area contributed by atoms with Crippen LogP contribution in [-0.4, -0.2) is 30.9 Å². The van der Waals surface area contributed by atoms with Crippen LogP contribution in [0.25, 0.3) is 0 Å². The Kier molecular flexibility index (Phi) is 4.77. The molecule has 1 aromatic heterocycles. The molecule has 0 spiro atoms. The highest BCUT2D eigenvalue weighted by molar-refractivity contribution is 7.14. The molecule has 5 nitrogen and oxygen atoms in total. The highest BCUT2D eigenvalue weighted by atomic mass is 32.1. The second-order valence-electron chi connectivity index (χ2n) is 5.58. The van der Waals surface area contributed by atoms with Crippen molar-refractivity contribution in [3.8, 4) is 0 Å². The fourth-order valence-electron chi connectivity index (χ4n) is 2.57. The van der Waals surface area contributed by atoms with Crippen LogP contribution in [0.1, 0.15) is 37.0 Å². The molecular weight excluding hydrogens is 274 g/mol. The standard InChI is InChI=1S/C14H21N3O2S/c1-9-3-6-17(7-4-9)10(2)13(19)16-14-11(12(15)18)5-8-20-14/h5,8-10H,3-4,6-7H2,1-2H3,(H2,15,18)(H,16,19)/p+1/t10-/m0/s1. The van der Waals surface area contributed by atoms with Gasteiger partial charge in [-0.05, 0) is 37.1 Å². The third kappa shape index (κ3) is 3.37. The van der Waals surface area contributed by atoms with Gasteiger partial charge < -0.3 is 16.0 Å². The number of nitrogens with one attached hydrogen (secondary N) is 2. The van der Waals surface area contributed by atoms with Crippen molar-refractivity contribution in [1.29, 1.82) is 0 Å². The molecule has 2 rings (SSSR count). The first-order valence-electron chi connectivity index (χ1n) is 7.01. The van der Waals surface area contributed by atoms with Crippen LogP contribution in [0.4, 0.5) is 5.00 Å². The van der Waals surface area contributed by atoms with E-state index in [1.807, 2.05) is 6.92 Å². The highest BCUT2D eigenvalue weighted by Crippen LogP contribution is 2.22. The first-order chi connectivity index (χ1) is 9.49. The smallest absolute Gasteiger partial charge is 0.282 e. The van der Waals surface area contributed by atoms with E-state index in [9.17, 15) is 9.59 Å². The average molecular weight is 296 g/mol. The fourth-order valence-corrected chi connectivity index (χ4v) is 3.37. The first kappa shape index (κ1) is 15.0. The summed E-state index contributed by atoms with van der Waals surface area (Å²) in [6.07, 6.45) is 2.33. The third-order valence-electron chi connectivity index (χ3n) is 4.09.